The lowest BCUT2D eigenvalue weighted by Gasteiger charge is -2.24. The van der Waals surface area contributed by atoms with Gasteiger partial charge in [-0.05, 0) is 30.9 Å². The maximum atomic E-state index is 12.6. The van der Waals surface area contributed by atoms with Crippen LogP contribution in [-0.4, -0.2) is 41.1 Å². The smallest absolute Gasteiger partial charge is 0.308 e. The van der Waals surface area contributed by atoms with Crippen molar-refractivity contribution in [3.05, 3.63) is 29.8 Å². The quantitative estimate of drug-likeness (QED) is 0.906. The van der Waals surface area contributed by atoms with Gasteiger partial charge in [-0.1, -0.05) is 32.0 Å². The largest absolute Gasteiger partial charge is 0.481 e. The van der Waals surface area contributed by atoms with E-state index in [2.05, 4.69) is 0 Å². The van der Waals surface area contributed by atoms with E-state index in [1.54, 1.807) is 4.90 Å². The maximum absolute atomic E-state index is 12.6. The molecule has 0 aromatic heterocycles. The lowest BCUT2D eigenvalue weighted by Crippen LogP contribution is -2.41. The standard InChI is InChI=1S/C17H23NO4/c1-4-14(22-15-8-6-5-7-11(15)2)16(19)18-9-12(3)13(10-18)17(20)21/h5-8,12-14H,4,9-10H2,1-3H3,(H,20,21)/t12-,13-,14?/m1/s1. The van der Waals surface area contributed by atoms with Gasteiger partial charge in [-0.25, -0.2) is 0 Å². The average Bonchev–Trinajstić information content (AvgIpc) is 2.88. The van der Waals surface area contributed by atoms with Crippen LogP contribution in [0.3, 0.4) is 0 Å². The van der Waals surface area contributed by atoms with Gasteiger partial charge in [-0.2, -0.15) is 0 Å². The average molecular weight is 305 g/mol. The minimum atomic E-state index is -0.837. The first-order chi connectivity index (χ1) is 10.4. The number of hydrogen-bond acceptors (Lipinski definition) is 3. The highest BCUT2D eigenvalue weighted by Gasteiger charge is 2.39. The number of carboxylic acids is 1. The molecule has 0 saturated carbocycles. The molecule has 22 heavy (non-hydrogen) atoms. The van der Waals surface area contributed by atoms with Crippen molar-refractivity contribution in [3.63, 3.8) is 0 Å². The lowest BCUT2D eigenvalue weighted by molar-refractivity contribution is -0.142. The highest BCUT2D eigenvalue weighted by Crippen LogP contribution is 2.25. The van der Waals surface area contributed by atoms with Gasteiger partial charge in [-0.15, -0.1) is 0 Å². The number of carbonyl (C=O) groups is 2. The third-order valence-corrected chi connectivity index (χ3v) is 4.25. The predicted molar refractivity (Wildman–Crippen MR) is 82.8 cm³/mol. The van der Waals surface area contributed by atoms with Crippen molar-refractivity contribution in [3.8, 4) is 5.75 Å². The summed E-state index contributed by atoms with van der Waals surface area (Å²) in [5, 5.41) is 9.18. The molecule has 1 unspecified atom stereocenters. The Labute approximate surface area is 130 Å². The Balaban J connectivity index is 2.07. The number of ether oxygens (including phenoxy) is 1. The Bertz CT molecular complexity index is 557. The second-order valence-electron chi connectivity index (χ2n) is 5.95. The third-order valence-electron chi connectivity index (χ3n) is 4.25. The monoisotopic (exact) mass is 305 g/mol. The van der Waals surface area contributed by atoms with E-state index >= 15 is 0 Å². The zero-order valence-electron chi connectivity index (χ0n) is 13.3. The Hall–Kier alpha value is -2.04. The molecule has 3 atom stereocenters. The summed E-state index contributed by atoms with van der Waals surface area (Å²) in [6, 6.07) is 7.57. The van der Waals surface area contributed by atoms with Gasteiger partial charge < -0.3 is 14.7 Å². The van der Waals surface area contributed by atoms with Crippen molar-refractivity contribution in [2.75, 3.05) is 13.1 Å². The summed E-state index contributed by atoms with van der Waals surface area (Å²) < 4.78 is 5.86. The van der Waals surface area contributed by atoms with Crippen LogP contribution in [0.25, 0.3) is 0 Å². The molecular formula is C17H23NO4. The van der Waals surface area contributed by atoms with Crippen molar-refractivity contribution in [1.82, 2.24) is 4.90 Å². The first kappa shape index (κ1) is 16.3. The summed E-state index contributed by atoms with van der Waals surface area (Å²) in [4.78, 5) is 25.4. The molecule has 120 valence electrons. The van der Waals surface area contributed by atoms with Crippen molar-refractivity contribution in [2.24, 2.45) is 11.8 Å². The van der Waals surface area contributed by atoms with E-state index < -0.39 is 18.0 Å². The van der Waals surface area contributed by atoms with E-state index in [1.807, 2.05) is 45.0 Å². The predicted octanol–water partition coefficient (Wildman–Crippen LogP) is 2.33. The molecule has 2 rings (SSSR count). The molecule has 1 amide bonds. The normalized spacial score (nSPS) is 22.4. The zero-order valence-corrected chi connectivity index (χ0v) is 13.3. The van der Waals surface area contributed by atoms with E-state index in [0.29, 0.717) is 18.7 Å². The summed E-state index contributed by atoms with van der Waals surface area (Å²) in [5.41, 5.74) is 0.979. The molecular weight excluding hydrogens is 282 g/mol. The molecule has 1 N–H and O–H groups in total. The molecule has 1 aromatic carbocycles. The minimum absolute atomic E-state index is 0.0302. The molecule has 0 radical (unpaired) electrons. The van der Waals surface area contributed by atoms with Crippen LogP contribution in [0.5, 0.6) is 5.75 Å². The van der Waals surface area contributed by atoms with Gasteiger partial charge in [0.05, 0.1) is 5.92 Å². The van der Waals surface area contributed by atoms with Gasteiger partial charge in [0.2, 0.25) is 0 Å². The van der Waals surface area contributed by atoms with Crippen LogP contribution in [-0.2, 0) is 9.59 Å². The Kier molecular flexibility index (Phi) is 5.06. The summed E-state index contributed by atoms with van der Waals surface area (Å²) in [6.07, 6.45) is -0.0173. The summed E-state index contributed by atoms with van der Waals surface area (Å²) in [7, 11) is 0. The molecule has 1 aliphatic heterocycles. The van der Waals surface area contributed by atoms with Crippen molar-refractivity contribution < 1.29 is 19.4 Å². The van der Waals surface area contributed by atoms with Crippen LogP contribution in [0.15, 0.2) is 24.3 Å². The van der Waals surface area contributed by atoms with E-state index in [0.717, 1.165) is 5.56 Å². The van der Waals surface area contributed by atoms with E-state index in [4.69, 9.17) is 4.74 Å². The van der Waals surface area contributed by atoms with Crippen LogP contribution in [0.1, 0.15) is 25.8 Å². The van der Waals surface area contributed by atoms with Crippen LogP contribution in [0.4, 0.5) is 0 Å². The number of para-hydroxylation sites is 1. The van der Waals surface area contributed by atoms with Gasteiger partial charge in [0.15, 0.2) is 6.10 Å². The van der Waals surface area contributed by atoms with Gasteiger partial charge in [-0.3, -0.25) is 9.59 Å². The van der Waals surface area contributed by atoms with Crippen LogP contribution in [0.2, 0.25) is 0 Å². The van der Waals surface area contributed by atoms with E-state index in [-0.39, 0.29) is 18.4 Å². The lowest BCUT2D eigenvalue weighted by atomic mass is 9.99. The molecule has 5 heteroatoms. The number of benzene rings is 1. The van der Waals surface area contributed by atoms with Crippen LogP contribution in [0, 0.1) is 18.8 Å². The molecule has 0 aliphatic carbocycles. The second-order valence-corrected chi connectivity index (χ2v) is 5.95. The second kappa shape index (κ2) is 6.81. The number of carbonyl (C=O) groups excluding carboxylic acids is 1. The minimum Gasteiger partial charge on any atom is -0.481 e. The fraction of sp³-hybridized carbons (Fsp3) is 0.529. The molecule has 0 spiro atoms. The molecule has 1 heterocycles. The fourth-order valence-corrected chi connectivity index (χ4v) is 2.82. The molecule has 1 saturated heterocycles. The van der Waals surface area contributed by atoms with Crippen molar-refractivity contribution in [2.45, 2.75) is 33.3 Å². The number of amides is 1. The third kappa shape index (κ3) is 3.40. The number of carboxylic acid groups (broad SMARTS) is 1. The van der Waals surface area contributed by atoms with Gasteiger partial charge in [0, 0.05) is 13.1 Å². The fourth-order valence-electron chi connectivity index (χ4n) is 2.82. The number of nitrogens with zero attached hydrogens (tertiary/aromatic N) is 1. The van der Waals surface area contributed by atoms with E-state index in [1.165, 1.54) is 0 Å². The highest BCUT2D eigenvalue weighted by molar-refractivity contribution is 5.83. The number of hydrogen-bond donors (Lipinski definition) is 1. The van der Waals surface area contributed by atoms with Gasteiger partial charge in [0.1, 0.15) is 5.75 Å². The van der Waals surface area contributed by atoms with Gasteiger partial charge in [0.25, 0.3) is 5.91 Å². The summed E-state index contributed by atoms with van der Waals surface area (Å²) in [6.45, 7) is 6.45. The zero-order chi connectivity index (χ0) is 16.3. The summed E-state index contributed by atoms with van der Waals surface area (Å²) >= 11 is 0. The Morgan fingerprint density at radius 2 is 2.05 bits per heavy atom. The van der Waals surface area contributed by atoms with Crippen molar-refractivity contribution in [1.29, 1.82) is 0 Å². The number of rotatable bonds is 5. The SMILES string of the molecule is CCC(Oc1ccccc1C)C(=O)N1C[C@@H](C)[C@H](C(=O)O)C1. The summed E-state index contributed by atoms with van der Waals surface area (Å²) in [5.74, 6) is -0.779. The van der Waals surface area contributed by atoms with Crippen LogP contribution < -0.4 is 4.74 Å². The van der Waals surface area contributed by atoms with Gasteiger partial charge >= 0.3 is 5.97 Å². The maximum Gasteiger partial charge on any atom is 0.308 e. The molecule has 1 aliphatic rings. The van der Waals surface area contributed by atoms with E-state index in [9.17, 15) is 14.7 Å². The van der Waals surface area contributed by atoms with Crippen molar-refractivity contribution >= 4 is 11.9 Å². The van der Waals surface area contributed by atoms with Crippen LogP contribution >= 0.6 is 0 Å². The number of aryl methyl sites for hydroxylation is 1. The molecule has 1 aromatic rings. The topological polar surface area (TPSA) is 66.8 Å². The Morgan fingerprint density at radius 1 is 1.36 bits per heavy atom. The highest BCUT2D eigenvalue weighted by atomic mass is 16.5. The number of aliphatic carboxylic acids is 1. The first-order valence-electron chi connectivity index (χ1n) is 7.67. The molecule has 1 fully saturated rings. The molecule has 5 nitrogen and oxygen atoms in total. The molecule has 0 bridgehead atoms. The Morgan fingerprint density at radius 3 is 2.59 bits per heavy atom. The first-order valence-corrected chi connectivity index (χ1v) is 7.67. The number of likely N-dealkylation sites (tertiary alicyclic amines) is 1.